The number of benzene rings is 2. The summed E-state index contributed by atoms with van der Waals surface area (Å²) in [4.78, 5) is 13.3. The lowest BCUT2D eigenvalue weighted by atomic mass is 10.1. The highest BCUT2D eigenvalue weighted by molar-refractivity contribution is 9.10. The molecule has 0 spiro atoms. The van der Waals surface area contributed by atoms with Crippen LogP contribution in [0.25, 0.3) is 0 Å². The molecule has 0 radical (unpaired) electrons. The second kappa shape index (κ2) is 6.67. The Hall–Kier alpha value is -1.26. The number of ether oxygens (including phenoxy) is 1. The minimum absolute atomic E-state index is 0.137. The average Bonchev–Trinajstić information content (AvgIpc) is 3.30. The van der Waals surface area contributed by atoms with E-state index in [1.54, 1.807) is 11.8 Å². The van der Waals surface area contributed by atoms with Gasteiger partial charge in [-0.15, -0.1) is 11.8 Å². The molecule has 2 aromatic rings. The number of ketones is 1. The van der Waals surface area contributed by atoms with Gasteiger partial charge in [0.05, 0.1) is 11.9 Å². The molecule has 0 aromatic heterocycles. The van der Waals surface area contributed by atoms with E-state index in [-0.39, 0.29) is 5.78 Å². The molecule has 4 heteroatoms. The Morgan fingerprint density at radius 3 is 2.62 bits per heavy atom. The first-order chi connectivity index (χ1) is 10.2. The molecule has 1 fully saturated rings. The molecular formula is C17H15BrO2S. The molecule has 1 aliphatic rings. The van der Waals surface area contributed by atoms with Gasteiger partial charge in [-0.25, -0.2) is 0 Å². The number of thioether (sulfide) groups is 1. The normalized spacial score (nSPS) is 14.0. The Kier molecular flexibility index (Phi) is 4.66. The van der Waals surface area contributed by atoms with Crippen molar-refractivity contribution in [3.63, 3.8) is 0 Å². The molecule has 0 unspecified atom stereocenters. The topological polar surface area (TPSA) is 26.3 Å². The lowest BCUT2D eigenvalue weighted by molar-refractivity contribution is 0.102. The monoisotopic (exact) mass is 362 g/mol. The zero-order valence-corrected chi connectivity index (χ0v) is 13.8. The van der Waals surface area contributed by atoms with E-state index in [0.29, 0.717) is 11.9 Å². The standard InChI is InChI=1S/C17H15BrO2S/c18-13-2-1-3-16(10-13)21-11-17(19)12-4-6-14(7-5-12)20-15-8-9-15/h1-7,10,15H,8-9,11H2. The number of hydrogen-bond donors (Lipinski definition) is 0. The van der Waals surface area contributed by atoms with Crippen molar-refractivity contribution in [3.05, 3.63) is 58.6 Å². The molecule has 21 heavy (non-hydrogen) atoms. The molecule has 0 saturated heterocycles. The van der Waals surface area contributed by atoms with Gasteiger partial charge in [-0.2, -0.15) is 0 Å². The summed E-state index contributed by atoms with van der Waals surface area (Å²) >= 11 is 4.99. The van der Waals surface area contributed by atoms with Crippen LogP contribution in [-0.4, -0.2) is 17.6 Å². The van der Waals surface area contributed by atoms with Crippen LogP contribution in [0.15, 0.2) is 57.9 Å². The Morgan fingerprint density at radius 2 is 1.95 bits per heavy atom. The zero-order valence-electron chi connectivity index (χ0n) is 11.4. The van der Waals surface area contributed by atoms with Crippen LogP contribution >= 0.6 is 27.7 Å². The van der Waals surface area contributed by atoms with Crippen LogP contribution in [0.1, 0.15) is 23.2 Å². The van der Waals surface area contributed by atoms with Crippen LogP contribution in [-0.2, 0) is 0 Å². The van der Waals surface area contributed by atoms with E-state index in [4.69, 9.17) is 4.74 Å². The number of hydrogen-bond acceptors (Lipinski definition) is 3. The van der Waals surface area contributed by atoms with Crippen LogP contribution in [0.5, 0.6) is 5.75 Å². The van der Waals surface area contributed by atoms with Gasteiger partial charge in [0.15, 0.2) is 5.78 Å². The largest absolute Gasteiger partial charge is 0.490 e. The summed E-state index contributed by atoms with van der Waals surface area (Å²) in [6.07, 6.45) is 2.67. The molecule has 0 heterocycles. The minimum Gasteiger partial charge on any atom is -0.490 e. The predicted octanol–water partition coefficient (Wildman–Crippen LogP) is 4.97. The fourth-order valence-corrected chi connectivity index (χ4v) is 3.29. The second-order valence-electron chi connectivity index (χ2n) is 5.01. The number of rotatable bonds is 6. The summed E-state index contributed by atoms with van der Waals surface area (Å²) in [6, 6.07) is 15.4. The van der Waals surface area contributed by atoms with E-state index >= 15 is 0 Å². The molecule has 0 aliphatic heterocycles. The molecule has 2 nitrogen and oxygen atoms in total. The third-order valence-electron chi connectivity index (χ3n) is 3.17. The van der Waals surface area contributed by atoms with Crippen LogP contribution in [0.3, 0.4) is 0 Å². The highest BCUT2D eigenvalue weighted by atomic mass is 79.9. The molecule has 3 rings (SSSR count). The number of carbonyl (C=O) groups excluding carboxylic acids is 1. The highest BCUT2D eigenvalue weighted by Crippen LogP contribution is 2.27. The molecule has 0 amide bonds. The van der Waals surface area contributed by atoms with Crippen molar-refractivity contribution in [2.45, 2.75) is 23.8 Å². The Labute approximate surface area is 137 Å². The second-order valence-corrected chi connectivity index (χ2v) is 6.98. The van der Waals surface area contributed by atoms with Crippen molar-refractivity contribution < 1.29 is 9.53 Å². The third-order valence-corrected chi connectivity index (χ3v) is 4.66. The lowest BCUT2D eigenvalue weighted by Gasteiger charge is -2.06. The molecule has 0 bridgehead atoms. The maximum Gasteiger partial charge on any atom is 0.173 e. The number of halogens is 1. The van der Waals surface area contributed by atoms with Crippen molar-refractivity contribution >= 4 is 33.5 Å². The molecular weight excluding hydrogens is 348 g/mol. The molecule has 0 atom stereocenters. The average molecular weight is 363 g/mol. The molecule has 0 N–H and O–H groups in total. The van der Waals surface area contributed by atoms with Gasteiger partial charge in [0.25, 0.3) is 0 Å². The molecule has 1 aliphatic carbocycles. The first-order valence-corrected chi connectivity index (χ1v) is 8.67. The van der Waals surface area contributed by atoms with Crippen LogP contribution in [0, 0.1) is 0 Å². The Bertz CT molecular complexity index is 635. The van der Waals surface area contributed by atoms with E-state index in [2.05, 4.69) is 15.9 Å². The van der Waals surface area contributed by atoms with Gasteiger partial charge in [0, 0.05) is 14.9 Å². The SMILES string of the molecule is O=C(CSc1cccc(Br)c1)c1ccc(OC2CC2)cc1. The van der Waals surface area contributed by atoms with E-state index < -0.39 is 0 Å². The van der Waals surface area contributed by atoms with E-state index in [1.807, 2.05) is 48.5 Å². The van der Waals surface area contributed by atoms with Gasteiger partial charge in [0.1, 0.15) is 5.75 Å². The van der Waals surface area contributed by atoms with Crippen molar-refractivity contribution in [3.8, 4) is 5.75 Å². The summed E-state index contributed by atoms with van der Waals surface area (Å²) in [5.41, 5.74) is 0.737. The van der Waals surface area contributed by atoms with E-state index in [9.17, 15) is 4.79 Å². The summed E-state index contributed by atoms with van der Waals surface area (Å²) < 4.78 is 6.71. The third kappa shape index (κ3) is 4.35. The summed E-state index contributed by atoms with van der Waals surface area (Å²) in [5, 5.41) is 0. The van der Waals surface area contributed by atoms with Gasteiger partial charge < -0.3 is 4.74 Å². The summed E-state index contributed by atoms with van der Waals surface area (Å²) in [5.74, 6) is 1.44. The highest BCUT2D eigenvalue weighted by Gasteiger charge is 2.23. The summed E-state index contributed by atoms with van der Waals surface area (Å²) in [6.45, 7) is 0. The van der Waals surface area contributed by atoms with E-state index in [1.165, 1.54) is 0 Å². The Morgan fingerprint density at radius 1 is 1.19 bits per heavy atom. The van der Waals surface area contributed by atoms with Crippen LogP contribution in [0.4, 0.5) is 0 Å². The predicted molar refractivity (Wildman–Crippen MR) is 89.3 cm³/mol. The molecule has 1 saturated carbocycles. The molecule has 2 aromatic carbocycles. The Balaban J connectivity index is 1.57. The smallest absolute Gasteiger partial charge is 0.173 e. The van der Waals surface area contributed by atoms with Crippen molar-refractivity contribution in [2.75, 3.05) is 5.75 Å². The first-order valence-electron chi connectivity index (χ1n) is 6.89. The molecule has 108 valence electrons. The van der Waals surface area contributed by atoms with Gasteiger partial charge >= 0.3 is 0 Å². The number of Topliss-reactive ketones (excluding diaryl/α,β-unsaturated/α-hetero) is 1. The van der Waals surface area contributed by atoms with Gasteiger partial charge in [-0.1, -0.05) is 22.0 Å². The fourth-order valence-electron chi connectivity index (χ4n) is 1.89. The first kappa shape index (κ1) is 14.7. The summed E-state index contributed by atoms with van der Waals surface area (Å²) in [7, 11) is 0. The van der Waals surface area contributed by atoms with Crippen LogP contribution in [0.2, 0.25) is 0 Å². The van der Waals surface area contributed by atoms with Crippen molar-refractivity contribution in [2.24, 2.45) is 0 Å². The van der Waals surface area contributed by atoms with E-state index in [0.717, 1.165) is 33.5 Å². The van der Waals surface area contributed by atoms with Gasteiger partial charge in [-0.3, -0.25) is 4.79 Å². The zero-order chi connectivity index (χ0) is 14.7. The quantitative estimate of drug-likeness (QED) is 0.536. The van der Waals surface area contributed by atoms with Crippen LogP contribution < -0.4 is 4.74 Å². The maximum absolute atomic E-state index is 12.2. The van der Waals surface area contributed by atoms with Gasteiger partial charge in [-0.05, 0) is 55.3 Å². The van der Waals surface area contributed by atoms with Crippen molar-refractivity contribution in [1.29, 1.82) is 0 Å². The maximum atomic E-state index is 12.2. The number of carbonyl (C=O) groups is 1. The minimum atomic E-state index is 0.137. The van der Waals surface area contributed by atoms with Gasteiger partial charge in [0.2, 0.25) is 0 Å². The van der Waals surface area contributed by atoms with Crippen molar-refractivity contribution in [1.82, 2.24) is 0 Å². The lowest BCUT2D eigenvalue weighted by Crippen LogP contribution is -2.02. The fraction of sp³-hybridized carbons (Fsp3) is 0.235.